The van der Waals surface area contributed by atoms with Crippen molar-refractivity contribution in [3.05, 3.63) is 53.9 Å². The molecular weight excluding hydrogens is 304 g/mol. The molecule has 0 aliphatic carbocycles. The van der Waals surface area contributed by atoms with E-state index in [-0.39, 0.29) is 5.91 Å². The summed E-state index contributed by atoms with van der Waals surface area (Å²) in [6.45, 7) is 2.14. The predicted molar refractivity (Wildman–Crippen MR) is 94.9 cm³/mol. The number of rotatable bonds is 6. The highest BCUT2D eigenvalue weighted by molar-refractivity contribution is 5.93. The number of carbonyl (C=O) groups excluding carboxylic acids is 1. The lowest BCUT2D eigenvalue weighted by Gasteiger charge is -2.13. The third kappa shape index (κ3) is 5.12. The molecule has 1 amide bonds. The molecule has 2 rings (SSSR count). The molecule has 24 heavy (non-hydrogen) atoms. The Morgan fingerprint density at radius 1 is 1.25 bits per heavy atom. The van der Waals surface area contributed by atoms with E-state index in [9.17, 15) is 4.79 Å². The lowest BCUT2D eigenvalue weighted by atomic mass is 10.1. The molecule has 0 saturated heterocycles. The molecule has 1 aromatic heterocycles. The minimum Gasteiger partial charge on any atom is -0.355 e. The van der Waals surface area contributed by atoms with Crippen molar-refractivity contribution in [3.63, 3.8) is 0 Å². The number of hydrogen-bond donors (Lipinski definition) is 2. The molecule has 0 unspecified atom stereocenters. The fourth-order valence-corrected chi connectivity index (χ4v) is 2.15. The zero-order valence-corrected chi connectivity index (χ0v) is 14.4. The van der Waals surface area contributed by atoms with E-state index in [0.29, 0.717) is 12.1 Å². The molecular formula is C17H24N6O. The summed E-state index contributed by atoms with van der Waals surface area (Å²) in [7, 11) is 5.23. The van der Waals surface area contributed by atoms with Crippen molar-refractivity contribution in [1.29, 1.82) is 0 Å². The number of nitrogens with zero attached hydrogens (tertiary/aromatic N) is 4. The zero-order valence-electron chi connectivity index (χ0n) is 14.4. The van der Waals surface area contributed by atoms with E-state index >= 15 is 0 Å². The van der Waals surface area contributed by atoms with Crippen LogP contribution in [-0.4, -0.2) is 54.2 Å². The second-order valence-electron chi connectivity index (χ2n) is 5.52. The van der Waals surface area contributed by atoms with Crippen molar-refractivity contribution in [2.24, 2.45) is 4.99 Å². The van der Waals surface area contributed by atoms with E-state index in [2.05, 4.69) is 20.7 Å². The van der Waals surface area contributed by atoms with Crippen LogP contribution in [0, 0.1) is 0 Å². The average molecular weight is 328 g/mol. The van der Waals surface area contributed by atoms with E-state index in [1.165, 1.54) is 0 Å². The third-order valence-corrected chi connectivity index (χ3v) is 3.48. The number of aliphatic imine (C=N–C) groups is 1. The summed E-state index contributed by atoms with van der Waals surface area (Å²) in [4.78, 5) is 17.6. The van der Waals surface area contributed by atoms with Crippen LogP contribution in [0.3, 0.4) is 0 Å². The van der Waals surface area contributed by atoms with E-state index in [1.807, 2.05) is 41.2 Å². The van der Waals surface area contributed by atoms with Crippen LogP contribution in [0.2, 0.25) is 0 Å². The van der Waals surface area contributed by atoms with Gasteiger partial charge in [0.25, 0.3) is 5.91 Å². The fourth-order valence-electron chi connectivity index (χ4n) is 2.15. The minimum absolute atomic E-state index is 0.00519. The maximum absolute atomic E-state index is 11.9. The van der Waals surface area contributed by atoms with Crippen LogP contribution in [0.1, 0.15) is 15.9 Å². The van der Waals surface area contributed by atoms with Crippen LogP contribution in [0.4, 0.5) is 0 Å². The molecule has 2 N–H and O–H groups in total. The number of amides is 1. The largest absolute Gasteiger partial charge is 0.355 e. The Balaban J connectivity index is 1.79. The van der Waals surface area contributed by atoms with Gasteiger partial charge in [-0.25, -0.2) is 0 Å². The van der Waals surface area contributed by atoms with E-state index in [1.54, 1.807) is 32.2 Å². The molecule has 0 aliphatic rings. The molecule has 7 nitrogen and oxygen atoms in total. The highest BCUT2D eigenvalue weighted by atomic mass is 16.2. The van der Waals surface area contributed by atoms with Crippen molar-refractivity contribution in [3.8, 4) is 0 Å². The Hall–Kier alpha value is -2.83. The molecule has 0 fully saturated rings. The lowest BCUT2D eigenvalue weighted by Crippen LogP contribution is -2.38. The number of aromatic nitrogens is 2. The maximum atomic E-state index is 11.9. The summed E-state index contributed by atoms with van der Waals surface area (Å²) in [6, 6.07) is 9.47. The van der Waals surface area contributed by atoms with Gasteiger partial charge in [0.2, 0.25) is 0 Å². The van der Waals surface area contributed by atoms with Gasteiger partial charge in [-0.05, 0) is 23.8 Å². The van der Waals surface area contributed by atoms with Gasteiger partial charge in [0.05, 0.1) is 6.54 Å². The number of benzene rings is 1. The Kier molecular flexibility index (Phi) is 6.36. The smallest absolute Gasteiger partial charge is 0.253 e. The summed E-state index contributed by atoms with van der Waals surface area (Å²) in [5, 5.41) is 10.6. The minimum atomic E-state index is 0.00519. The van der Waals surface area contributed by atoms with Crippen molar-refractivity contribution in [2.45, 2.75) is 13.1 Å². The summed E-state index contributed by atoms with van der Waals surface area (Å²) >= 11 is 0. The summed E-state index contributed by atoms with van der Waals surface area (Å²) < 4.78 is 1.86. The maximum Gasteiger partial charge on any atom is 0.253 e. The van der Waals surface area contributed by atoms with Gasteiger partial charge in [-0.3, -0.25) is 14.5 Å². The van der Waals surface area contributed by atoms with Gasteiger partial charge in [-0.2, -0.15) is 5.10 Å². The van der Waals surface area contributed by atoms with Gasteiger partial charge in [0.1, 0.15) is 0 Å². The molecule has 0 atom stereocenters. The predicted octanol–water partition coefficient (Wildman–Crippen LogP) is 0.950. The first-order valence-corrected chi connectivity index (χ1v) is 7.82. The first-order valence-electron chi connectivity index (χ1n) is 7.82. The van der Waals surface area contributed by atoms with Crippen LogP contribution in [0.5, 0.6) is 0 Å². The monoisotopic (exact) mass is 328 g/mol. The van der Waals surface area contributed by atoms with Gasteiger partial charge in [0, 0.05) is 52.2 Å². The van der Waals surface area contributed by atoms with E-state index in [4.69, 9.17) is 0 Å². The highest BCUT2D eigenvalue weighted by Gasteiger charge is 2.07. The molecule has 1 heterocycles. The second-order valence-corrected chi connectivity index (χ2v) is 5.52. The number of carbonyl (C=O) groups is 1. The Morgan fingerprint density at radius 2 is 2.00 bits per heavy atom. The normalized spacial score (nSPS) is 11.2. The molecule has 0 radical (unpaired) electrons. The van der Waals surface area contributed by atoms with E-state index < -0.39 is 0 Å². The first kappa shape index (κ1) is 17.5. The second kappa shape index (κ2) is 8.71. The fraction of sp³-hybridized carbons (Fsp3) is 0.353. The standard InChI is InChI=1S/C17H24N6O/c1-18-17(19-10-12-23-11-4-9-21-23)20-13-14-5-7-15(8-6-14)16(24)22(2)3/h4-9,11H,10,12-13H2,1-3H3,(H2,18,19,20). The first-order chi connectivity index (χ1) is 11.6. The van der Waals surface area contributed by atoms with Crippen molar-refractivity contribution in [2.75, 3.05) is 27.7 Å². The molecule has 0 bridgehead atoms. The highest BCUT2D eigenvalue weighted by Crippen LogP contribution is 2.06. The lowest BCUT2D eigenvalue weighted by molar-refractivity contribution is 0.0827. The number of hydrogen-bond acceptors (Lipinski definition) is 3. The van der Waals surface area contributed by atoms with Crippen LogP contribution < -0.4 is 10.6 Å². The third-order valence-electron chi connectivity index (χ3n) is 3.48. The number of guanidine groups is 1. The summed E-state index contributed by atoms with van der Waals surface area (Å²) in [5.74, 6) is 0.737. The molecule has 0 spiro atoms. The van der Waals surface area contributed by atoms with Gasteiger partial charge in [-0.15, -0.1) is 0 Å². The van der Waals surface area contributed by atoms with Gasteiger partial charge in [0.15, 0.2) is 5.96 Å². The van der Waals surface area contributed by atoms with Crippen molar-refractivity contribution < 1.29 is 4.79 Å². The topological polar surface area (TPSA) is 74.5 Å². The van der Waals surface area contributed by atoms with E-state index in [0.717, 1.165) is 24.6 Å². The molecule has 0 saturated carbocycles. The van der Waals surface area contributed by atoms with Crippen molar-refractivity contribution in [1.82, 2.24) is 25.3 Å². The number of nitrogens with one attached hydrogen (secondary N) is 2. The van der Waals surface area contributed by atoms with Crippen LogP contribution in [0.15, 0.2) is 47.7 Å². The Labute approximate surface area is 142 Å². The van der Waals surface area contributed by atoms with Gasteiger partial charge in [-0.1, -0.05) is 12.1 Å². The zero-order chi connectivity index (χ0) is 17.4. The molecule has 128 valence electrons. The molecule has 2 aromatic rings. The SMILES string of the molecule is CN=C(NCCn1cccn1)NCc1ccc(C(=O)N(C)C)cc1. The summed E-state index contributed by atoms with van der Waals surface area (Å²) in [6.07, 6.45) is 3.69. The van der Waals surface area contributed by atoms with Crippen LogP contribution >= 0.6 is 0 Å². The average Bonchev–Trinajstić information content (AvgIpc) is 3.11. The van der Waals surface area contributed by atoms with Gasteiger partial charge < -0.3 is 15.5 Å². The molecule has 1 aromatic carbocycles. The molecule has 7 heteroatoms. The Bertz CT molecular complexity index is 661. The Morgan fingerprint density at radius 3 is 2.58 bits per heavy atom. The van der Waals surface area contributed by atoms with Crippen molar-refractivity contribution >= 4 is 11.9 Å². The van der Waals surface area contributed by atoms with Crippen LogP contribution in [-0.2, 0) is 13.1 Å². The summed E-state index contributed by atoms with van der Waals surface area (Å²) in [5.41, 5.74) is 1.77. The van der Waals surface area contributed by atoms with Crippen LogP contribution in [0.25, 0.3) is 0 Å². The quantitative estimate of drug-likeness (QED) is 0.612. The molecule has 0 aliphatic heterocycles. The van der Waals surface area contributed by atoms with Gasteiger partial charge >= 0.3 is 0 Å².